The fourth-order valence-electron chi connectivity index (χ4n) is 3.82. The van der Waals surface area contributed by atoms with Crippen LogP contribution in [0.3, 0.4) is 0 Å². The molecule has 3 aromatic rings. The molecule has 1 saturated heterocycles. The van der Waals surface area contributed by atoms with Gasteiger partial charge in [-0.05, 0) is 47.5 Å². The number of anilines is 1. The molecule has 0 aliphatic carbocycles. The molecule has 1 amide bonds. The Hall–Kier alpha value is -3.14. The van der Waals surface area contributed by atoms with E-state index in [4.69, 9.17) is 14.2 Å². The highest BCUT2D eigenvalue weighted by Gasteiger charge is 2.28. The molecule has 8 nitrogen and oxygen atoms in total. The first-order valence-electron chi connectivity index (χ1n) is 11.1. The number of amides is 1. The molecule has 0 radical (unpaired) electrons. The maximum Gasteiger partial charge on any atom is 0.265 e. The van der Waals surface area contributed by atoms with E-state index in [-0.39, 0.29) is 23.7 Å². The van der Waals surface area contributed by atoms with Gasteiger partial charge in [0.15, 0.2) is 6.10 Å². The number of methoxy groups -OCH3 is 1. The van der Waals surface area contributed by atoms with Crippen molar-refractivity contribution in [3.05, 3.63) is 60.7 Å². The summed E-state index contributed by atoms with van der Waals surface area (Å²) in [4.78, 5) is 13.2. The Kier molecular flexibility index (Phi) is 7.35. The van der Waals surface area contributed by atoms with Gasteiger partial charge in [0.1, 0.15) is 11.5 Å². The van der Waals surface area contributed by atoms with E-state index in [0.29, 0.717) is 31.1 Å². The molecule has 0 spiro atoms. The molecule has 1 fully saturated rings. The molecule has 1 aliphatic rings. The predicted octanol–water partition coefficient (Wildman–Crippen LogP) is 3.67. The summed E-state index contributed by atoms with van der Waals surface area (Å²) in [5, 5.41) is 4.88. The SMILES string of the molecule is CC[C@H](Oc1ccc2ccccc2c1)C(=O)Nc1cc(S(=O)(=O)N2CCOCC2)ccc1OC. The number of hydrogen-bond acceptors (Lipinski definition) is 6. The Morgan fingerprint density at radius 2 is 1.79 bits per heavy atom. The van der Waals surface area contributed by atoms with Crippen molar-refractivity contribution >= 4 is 32.4 Å². The van der Waals surface area contributed by atoms with Crippen LogP contribution in [0.15, 0.2) is 65.6 Å². The molecule has 0 aromatic heterocycles. The van der Waals surface area contributed by atoms with Crippen LogP contribution in [0.2, 0.25) is 0 Å². The van der Waals surface area contributed by atoms with Gasteiger partial charge < -0.3 is 19.5 Å². The van der Waals surface area contributed by atoms with E-state index in [1.807, 2.05) is 49.4 Å². The molecular formula is C25H28N2O6S. The lowest BCUT2D eigenvalue weighted by molar-refractivity contribution is -0.122. The second-order valence-corrected chi connectivity index (χ2v) is 9.83. The third kappa shape index (κ3) is 5.16. The summed E-state index contributed by atoms with van der Waals surface area (Å²) in [5.41, 5.74) is 0.266. The zero-order chi connectivity index (χ0) is 24.1. The van der Waals surface area contributed by atoms with E-state index in [0.717, 1.165) is 10.8 Å². The number of rotatable bonds is 8. The molecule has 1 heterocycles. The average molecular weight is 485 g/mol. The smallest absolute Gasteiger partial charge is 0.265 e. The number of sulfonamides is 1. The van der Waals surface area contributed by atoms with Crippen LogP contribution in [-0.2, 0) is 19.6 Å². The van der Waals surface area contributed by atoms with Crippen LogP contribution >= 0.6 is 0 Å². The molecule has 0 unspecified atom stereocenters. The normalized spacial score (nSPS) is 15.6. The van der Waals surface area contributed by atoms with Gasteiger partial charge in [-0.2, -0.15) is 4.31 Å². The molecular weight excluding hydrogens is 456 g/mol. The number of nitrogens with zero attached hydrogens (tertiary/aromatic N) is 1. The highest BCUT2D eigenvalue weighted by Crippen LogP contribution is 2.30. The van der Waals surface area contributed by atoms with Crippen molar-refractivity contribution in [1.82, 2.24) is 4.31 Å². The van der Waals surface area contributed by atoms with Crippen LogP contribution < -0.4 is 14.8 Å². The second kappa shape index (κ2) is 10.4. The van der Waals surface area contributed by atoms with Crippen molar-refractivity contribution in [2.45, 2.75) is 24.3 Å². The lowest BCUT2D eigenvalue weighted by Crippen LogP contribution is -2.40. The van der Waals surface area contributed by atoms with Gasteiger partial charge in [-0.15, -0.1) is 0 Å². The zero-order valence-corrected chi connectivity index (χ0v) is 20.0. The first-order valence-corrected chi connectivity index (χ1v) is 12.6. The summed E-state index contributed by atoms with van der Waals surface area (Å²) in [6, 6.07) is 18.0. The summed E-state index contributed by atoms with van der Waals surface area (Å²) in [6.45, 7) is 3.12. The number of benzene rings is 3. The van der Waals surface area contributed by atoms with E-state index < -0.39 is 22.0 Å². The van der Waals surface area contributed by atoms with E-state index >= 15 is 0 Å². The standard InChI is InChI=1S/C25H28N2O6S/c1-3-23(33-20-9-8-18-6-4-5-7-19(18)16-20)25(28)26-22-17-21(10-11-24(22)31-2)34(29,30)27-12-14-32-15-13-27/h4-11,16-17,23H,3,12-15H2,1-2H3,(H,26,28)/t23-/m0/s1. The van der Waals surface area contributed by atoms with Gasteiger partial charge in [0.2, 0.25) is 10.0 Å². The third-order valence-electron chi connectivity index (χ3n) is 5.70. The number of morpholine rings is 1. The van der Waals surface area contributed by atoms with Gasteiger partial charge >= 0.3 is 0 Å². The summed E-state index contributed by atoms with van der Waals surface area (Å²) in [5.74, 6) is 0.543. The first-order chi connectivity index (χ1) is 16.4. The fraction of sp³-hybridized carbons (Fsp3) is 0.320. The molecule has 9 heteroatoms. The molecule has 1 atom stereocenters. The lowest BCUT2D eigenvalue weighted by atomic mass is 10.1. The van der Waals surface area contributed by atoms with Crippen molar-refractivity contribution < 1.29 is 27.4 Å². The highest BCUT2D eigenvalue weighted by molar-refractivity contribution is 7.89. The van der Waals surface area contributed by atoms with Crippen LogP contribution in [0.5, 0.6) is 11.5 Å². The summed E-state index contributed by atoms with van der Waals surface area (Å²) < 4.78 is 44.1. The second-order valence-electron chi connectivity index (χ2n) is 7.89. The quantitative estimate of drug-likeness (QED) is 0.524. The highest BCUT2D eigenvalue weighted by atomic mass is 32.2. The van der Waals surface area contributed by atoms with E-state index in [9.17, 15) is 13.2 Å². The Morgan fingerprint density at radius 1 is 1.06 bits per heavy atom. The molecule has 1 N–H and O–H groups in total. The third-order valence-corrected chi connectivity index (χ3v) is 7.59. The molecule has 0 saturated carbocycles. The molecule has 3 aromatic carbocycles. The minimum absolute atomic E-state index is 0.0778. The molecule has 180 valence electrons. The van der Waals surface area contributed by atoms with Crippen molar-refractivity contribution in [2.75, 3.05) is 38.7 Å². The number of hydrogen-bond donors (Lipinski definition) is 1. The van der Waals surface area contributed by atoms with Crippen LogP contribution in [0.25, 0.3) is 10.8 Å². The number of carbonyl (C=O) groups excluding carboxylic acids is 1. The van der Waals surface area contributed by atoms with Gasteiger partial charge in [-0.3, -0.25) is 4.79 Å². The summed E-state index contributed by atoms with van der Waals surface area (Å²) >= 11 is 0. The number of ether oxygens (including phenoxy) is 3. The van der Waals surface area contributed by atoms with Crippen LogP contribution in [0.1, 0.15) is 13.3 Å². The topological polar surface area (TPSA) is 94.2 Å². The summed E-state index contributed by atoms with van der Waals surface area (Å²) in [7, 11) is -2.26. The maximum atomic E-state index is 13.1. The zero-order valence-electron chi connectivity index (χ0n) is 19.2. The summed E-state index contributed by atoms with van der Waals surface area (Å²) in [6.07, 6.45) is -0.349. The minimum atomic E-state index is -3.73. The van der Waals surface area contributed by atoms with Crippen molar-refractivity contribution in [3.8, 4) is 11.5 Å². The monoisotopic (exact) mass is 484 g/mol. The number of carbonyl (C=O) groups is 1. The van der Waals surface area contributed by atoms with E-state index in [1.54, 1.807) is 0 Å². The maximum absolute atomic E-state index is 13.1. The Bertz CT molecular complexity index is 1270. The molecule has 0 bridgehead atoms. The van der Waals surface area contributed by atoms with Gasteiger partial charge in [0.25, 0.3) is 5.91 Å². The lowest BCUT2D eigenvalue weighted by Gasteiger charge is -2.26. The average Bonchev–Trinajstić information content (AvgIpc) is 2.87. The van der Waals surface area contributed by atoms with Crippen molar-refractivity contribution in [2.24, 2.45) is 0 Å². The largest absolute Gasteiger partial charge is 0.495 e. The first kappa shape index (κ1) is 24.0. The molecule has 34 heavy (non-hydrogen) atoms. The minimum Gasteiger partial charge on any atom is -0.495 e. The Morgan fingerprint density at radius 3 is 2.50 bits per heavy atom. The van der Waals surface area contributed by atoms with Crippen LogP contribution in [0.4, 0.5) is 5.69 Å². The Balaban J connectivity index is 1.54. The fourth-order valence-corrected chi connectivity index (χ4v) is 5.26. The molecule has 4 rings (SSSR count). The van der Waals surface area contributed by atoms with Crippen molar-refractivity contribution in [3.63, 3.8) is 0 Å². The number of fused-ring (bicyclic) bond motifs is 1. The molecule has 1 aliphatic heterocycles. The van der Waals surface area contributed by atoms with Crippen LogP contribution in [-0.4, -0.2) is 58.1 Å². The van der Waals surface area contributed by atoms with Gasteiger partial charge in [-0.25, -0.2) is 8.42 Å². The van der Waals surface area contributed by atoms with Crippen molar-refractivity contribution in [1.29, 1.82) is 0 Å². The van der Waals surface area contributed by atoms with E-state index in [1.165, 1.54) is 29.6 Å². The van der Waals surface area contributed by atoms with Gasteiger partial charge in [-0.1, -0.05) is 37.3 Å². The predicted molar refractivity (Wildman–Crippen MR) is 130 cm³/mol. The van der Waals surface area contributed by atoms with E-state index in [2.05, 4.69) is 5.32 Å². The Labute approximate surface area is 199 Å². The van der Waals surface area contributed by atoms with Crippen LogP contribution in [0, 0.1) is 0 Å². The van der Waals surface area contributed by atoms with Gasteiger partial charge in [0.05, 0.1) is 30.9 Å². The van der Waals surface area contributed by atoms with Gasteiger partial charge in [0, 0.05) is 13.1 Å². The number of nitrogens with one attached hydrogen (secondary N) is 1.